The van der Waals surface area contributed by atoms with Gasteiger partial charge < -0.3 is 23.8 Å². The molecule has 3 atom stereocenters. The molecule has 2 aromatic heterocycles. The molecular weight excluding hydrogens is 565 g/mol. The SMILES string of the molecule is CCc1cccc2cc(OCOC)cc(-c3cc4nc(F)nc5c4c(n3)OCC3[C@H]4CC[C@@H](CN53)N4C(=O)OC(C)(C)C)c12. The highest BCUT2D eigenvalue weighted by atomic mass is 19.1. The maximum atomic E-state index is 15.2. The van der Waals surface area contributed by atoms with Gasteiger partial charge in [-0.15, -0.1) is 0 Å². The molecule has 10 nitrogen and oxygen atoms in total. The van der Waals surface area contributed by atoms with Crippen molar-refractivity contribution in [2.75, 3.05) is 32.0 Å². The predicted molar refractivity (Wildman–Crippen MR) is 164 cm³/mol. The quantitative estimate of drug-likeness (QED) is 0.205. The third-order valence-electron chi connectivity index (χ3n) is 8.70. The minimum Gasteiger partial charge on any atom is -0.475 e. The van der Waals surface area contributed by atoms with Crippen molar-refractivity contribution in [3.05, 3.63) is 48.0 Å². The number of hydrogen-bond acceptors (Lipinski definition) is 9. The first-order valence-corrected chi connectivity index (χ1v) is 15.1. The Hall–Kier alpha value is -4.25. The van der Waals surface area contributed by atoms with Crippen LogP contribution in [0.4, 0.5) is 15.0 Å². The van der Waals surface area contributed by atoms with Crippen LogP contribution < -0.4 is 14.4 Å². The minimum atomic E-state index is -0.825. The molecule has 230 valence electrons. The van der Waals surface area contributed by atoms with E-state index >= 15 is 4.39 Å². The Labute approximate surface area is 255 Å². The summed E-state index contributed by atoms with van der Waals surface area (Å²) in [6, 6.07) is 11.3. The highest BCUT2D eigenvalue weighted by Gasteiger charge is 2.51. The number of fused-ring (bicyclic) bond motifs is 6. The smallest absolute Gasteiger partial charge is 0.410 e. The van der Waals surface area contributed by atoms with Crippen molar-refractivity contribution in [3.8, 4) is 22.9 Å². The number of carbonyl (C=O) groups is 1. The molecule has 3 aliphatic heterocycles. The maximum Gasteiger partial charge on any atom is 0.410 e. The molecule has 11 heteroatoms. The number of benzene rings is 2. The van der Waals surface area contributed by atoms with Gasteiger partial charge in [-0.05, 0) is 74.6 Å². The number of piperazine rings is 1. The van der Waals surface area contributed by atoms with E-state index in [4.69, 9.17) is 23.9 Å². The van der Waals surface area contributed by atoms with Crippen LogP contribution in [0.2, 0.25) is 0 Å². The third-order valence-corrected chi connectivity index (χ3v) is 8.70. The fourth-order valence-corrected chi connectivity index (χ4v) is 6.96. The summed E-state index contributed by atoms with van der Waals surface area (Å²) < 4.78 is 38.4. The van der Waals surface area contributed by atoms with Crippen LogP contribution in [-0.4, -0.2) is 76.7 Å². The first kappa shape index (κ1) is 28.5. The van der Waals surface area contributed by atoms with Gasteiger partial charge in [-0.25, -0.2) is 14.8 Å². The molecule has 2 fully saturated rings. The van der Waals surface area contributed by atoms with E-state index in [2.05, 4.69) is 27.9 Å². The number of halogens is 1. The van der Waals surface area contributed by atoms with Crippen LogP contribution in [0.1, 0.15) is 46.1 Å². The third kappa shape index (κ3) is 4.83. The van der Waals surface area contributed by atoms with Crippen LogP contribution in [0.3, 0.4) is 0 Å². The predicted octanol–water partition coefficient (Wildman–Crippen LogP) is 5.88. The summed E-state index contributed by atoms with van der Waals surface area (Å²) in [5, 5.41) is 2.59. The van der Waals surface area contributed by atoms with Gasteiger partial charge in [0.05, 0.1) is 29.3 Å². The van der Waals surface area contributed by atoms with E-state index in [0.717, 1.165) is 41.2 Å². The van der Waals surface area contributed by atoms with Crippen LogP contribution in [0.5, 0.6) is 11.6 Å². The highest BCUT2D eigenvalue weighted by Crippen LogP contribution is 2.44. The lowest BCUT2D eigenvalue weighted by atomic mass is 9.95. The molecule has 1 amide bonds. The van der Waals surface area contributed by atoms with E-state index in [9.17, 15) is 4.79 Å². The number of aryl methyl sites for hydroxylation is 1. The molecule has 3 aliphatic rings. The molecular formula is C33H36FN5O5. The summed E-state index contributed by atoms with van der Waals surface area (Å²) >= 11 is 0. The Kier molecular flexibility index (Phi) is 6.95. The number of carbonyl (C=O) groups excluding carboxylic acids is 1. The number of pyridine rings is 1. The lowest BCUT2D eigenvalue weighted by Crippen LogP contribution is -2.63. The van der Waals surface area contributed by atoms with Gasteiger partial charge in [-0.3, -0.25) is 4.90 Å². The molecule has 0 spiro atoms. The van der Waals surface area contributed by atoms with Gasteiger partial charge in [0.15, 0.2) is 6.79 Å². The Morgan fingerprint density at radius 1 is 1.09 bits per heavy atom. The Balaban J connectivity index is 1.35. The van der Waals surface area contributed by atoms with Crippen LogP contribution in [0.15, 0.2) is 36.4 Å². The number of anilines is 1. The largest absolute Gasteiger partial charge is 0.475 e. The molecule has 5 heterocycles. The average molecular weight is 602 g/mol. The fourth-order valence-electron chi connectivity index (χ4n) is 6.96. The lowest BCUT2D eigenvalue weighted by Gasteiger charge is -2.46. The maximum absolute atomic E-state index is 15.2. The normalized spacial score (nSPS) is 20.8. The number of hydrogen-bond donors (Lipinski definition) is 0. The van der Waals surface area contributed by atoms with E-state index in [0.29, 0.717) is 40.6 Å². The van der Waals surface area contributed by atoms with Crippen molar-refractivity contribution < 1.29 is 28.1 Å². The zero-order chi connectivity index (χ0) is 30.7. The minimum absolute atomic E-state index is 0.0818. The van der Waals surface area contributed by atoms with Crippen molar-refractivity contribution >= 4 is 33.6 Å². The number of nitrogens with zero attached hydrogens (tertiary/aromatic N) is 5. The highest BCUT2D eigenvalue weighted by molar-refractivity contribution is 6.02. The Morgan fingerprint density at radius 2 is 1.93 bits per heavy atom. The number of rotatable bonds is 5. The molecule has 2 aromatic carbocycles. The number of ether oxygens (including phenoxy) is 4. The number of aromatic nitrogens is 3. The van der Waals surface area contributed by atoms with Crippen molar-refractivity contribution in [1.29, 1.82) is 0 Å². The monoisotopic (exact) mass is 601 g/mol. The molecule has 0 N–H and O–H groups in total. The van der Waals surface area contributed by atoms with Gasteiger partial charge in [0.25, 0.3) is 0 Å². The van der Waals surface area contributed by atoms with Gasteiger partial charge in [0.1, 0.15) is 29.2 Å². The molecule has 1 unspecified atom stereocenters. The van der Waals surface area contributed by atoms with Gasteiger partial charge >= 0.3 is 12.2 Å². The molecule has 4 aromatic rings. The van der Waals surface area contributed by atoms with Gasteiger partial charge in [0, 0.05) is 19.2 Å². The Bertz CT molecular complexity index is 1780. The van der Waals surface area contributed by atoms with Crippen LogP contribution >= 0.6 is 0 Å². The van der Waals surface area contributed by atoms with E-state index in [-0.39, 0.29) is 37.6 Å². The summed E-state index contributed by atoms with van der Waals surface area (Å²) in [5.74, 6) is 1.41. The second-order valence-corrected chi connectivity index (χ2v) is 12.6. The van der Waals surface area contributed by atoms with Gasteiger partial charge in [-0.1, -0.05) is 25.1 Å². The average Bonchev–Trinajstić information content (AvgIpc) is 3.22. The fraction of sp³-hybridized carbons (Fsp3) is 0.455. The second-order valence-electron chi connectivity index (χ2n) is 12.6. The Morgan fingerprint density at radius 3 is 2.70 bits per heavy atom. The molecule has 2 saturated heterocycles. The van der Waals surface area contributed by atoms with Crippen molar-refractivity contribution in [1.82, 2.24) is 19.9 Å². The van der Waals surface area contributed by atoms with E-state index in [1.807, 2.05) is 49.9 Å². The molecule has 7 rings (SSSR count). The lowest BCUT2D eigenvalue weighted by molar-refractivity contribution is 0.00538. The van der Waals surface area contributed by atoms with Crippen molar-refractivity contribution in [3.63, 3.8) is 0 Å². The van der Waals surface area contributed by atoms with E-state index in [1.54, 1.807) is 13.2 Å². The molecule has 0 saturated carbocycles. The summed E-state index contributed by atoms with van der Waals surface area (Å²) in [5.41, 5.74) is 2.35. The first-order chi connectivity index (χ1) is 21.1. The summed E-state index contributed by atoms with van der Waals surface area (Å²) in [7, 11) is 1.57. The second kappa shape index (κ2) is 10.7. The topological polar surface area (TPSA) is 99.1 Å². The summed E-state index contributed by atoms with van der Waals surface area (Å²) in [6.07, 6.45) is 1.27. The standard InChI is InChI=1S/C33H36FN5O5/c1-6-18-8-7-9-19-12-21(43-17-41-5)13-22(27(18)19)23-14-24-28-29(37-31(34)36-24)38-15-20-10-11-25(26(38)16-42-30(28)35-23)39(20)32(40)44-33(2,3)4/h7-9,12-14,20,25-26H,6,10-11,15-17H2,1-5H3/t20-,25+,26?/m0/s1. The molecule has 2 bridgehead atoms. The summed E-state index contributed by atoms with van der Waals surface area (Å²) in [4.78, 5) is 30.7. The van der Waals surface area contributed by atoms with Crippen molar-refractivity contribution in [2.45, 2.75) is 70.7 Å². The van der Waals surface area contributed by atoms with E-state index < -0.39 is 11.7 Å². The van der Waals surface area contributed by atoms with Crippen molar-refractivity contribution in [2.24, 2.45) is 0 Å². The molecule has 44 heavy (non-hydrogen) atoms. The van der Waals surface area contributed by atoms with Crippen LogP contribution in [0.25, 0.3) is 32.9 Å². The van der Waals surface area contributed by atoms with E-state index in [1.165, 1.54) is 0 Å². The zero-order valence-electron chi connectivity index (χ0n) is 25.6. The molecule has 0 radical (unpaired) electrons. The number of methoxy groups -OCH3 is 1. The zero-order valence-corrected chi connectivity index (χ0v) is 25.6. The van der Waals surface area contributed by atoms with Crippen LogP contribution in [0, 0.1) is 6.08 Å². The summed E-state index contributed by atoms with van der Waals surface area (Å²) in [6.45, 7) is 8.54. The van der Waals surface area contributed by atoms with Crippen LogP contribution in [-0.2, 0) is 15.9 Å². The number of amides is 1. The molecule has 0 aliphatic carbocycles. The first-order valence-electron chi connectivity index (χ1n) is 15.1. The van der Waals surface area contributed by atoms with Gasteiger partial charge in [-0.2, -0.15) is 9.37 Å². The van der Waals surface area contributed by atoms with Gasteiger partial charge in [0.2, 0.25) is 5.88 Å².